The van der Waals surface area contributed by atoms with Gasteiger partial charge in [0.1, 0.15) is 17.9 Å². The number of nitrogens with zero attached hydrogens (tertiary/aromatic N) is 1. The van der Waals surface area contributed by atoms with Crippen LogP contribution in [0.15, 0.2) is 101 Å². The molecule has 6 nitrogen and oxygen atoms in total. The number of carbonyl (C=O) groups is 1. The molecular formula is C29H23N3O3S. The minimum Gasteiger partial charge on any atom is -0.489 e. The fourth-order valence-electron chi connectivity index (χ4n) is 3.68. The predicted octanol–water partition coefficient (Wildman–Crippen LogP) is 6.51. The second-order valence-electron chi connectivity index (χ2n) is 8.23. The number of aromatic nitrogens is 1. The third kappa shape index (κ3) is 5.42. The zero-order valence-electron chi connectivity index (χ0n) is 19.5. The minimum atomic E-state index is -0.328. The van der Waals surface area contributed by atoms with Crippen LogP contribution >= 0.6 is 12.2 Å². The van der Waals surface area contributed by atoms with Crippen LogP contribution < -0.4 is 15.4 Å². The maximum Gasteiger partial charge on any atom is 0.257 e. The Morgan fingerprint density at radius 3 is 2.58 bits per heavy atom. The lowest BCUT2D eigenvalue weighted by molar-refractivity contribution is 0.0977. The van der Waals surface area contributed by atoms with Crippen LogP contribution in [-0.4, -0.2) is 16.0 Å². The van der Waals surface area contributed by atoms with Gasteiger partial charge in [0.05, 0.1) is 0 Å². The highest BCUT2D eigenvalue weighted by Crippen LogP contribution is 2.28. The molecule has 0 aliphatic rings. The van der Waals surface area contributed by atoms with E-state index in [1.54, 1.807) is 18.2 Å². The van der Waals surface area contributed by atoms with E-state index < -0.39 is 0 Å². The summed E-state index contributed by atoms with van der Waals surface area (Å²) in [6, 6.07) is 30.3. The van der Waals surface area contributed by atoms with E-state index in [1.807, 2.05) is 85.8 Å². The van der Waals surface area contributed by atoms with Crippen molar-refractivity contribution >= 4 is 40.0 Å². The van der Waals surface area contributed by atoms with Crippen LogP contribution in [0.1, 0.15) is 21.5 Å². The van der Waals surface area contributed by atoms with Crippen LogP contribution in [0.2, 0.25) is 0 Å². The number of oxazole rings is 1. The van der Waals surface area contributed by atoms with E-state index in [1.165, 1.54) is 0 Å². The van der Waals surface area contributed by atoms with E-state index in [-0.39, 0.29) is 11.0 Å². The monoisotopic (exact) mass is 493 g/mol. The van der Waals surface area contributed by atoms with Gasteiger partial charge in [0, 0.05) is 16.8 Å². The zero-order valence-corrected chi connectivity index (χ0v) is 20.3. The zero-order chi connectivity index (χ0) is 24.9. The van der Waals surface area contributed by atoms with Crippen molar-refractivity contribution in [2.45, 2.75) is 13.5 Å². The van der Waals surface area contributed by atoms with Crippen LogP contribution in [0.5, 0.6) is 5.75 Å². The third-order valence-electron chi connectivity index (χ3n) is 5.60. The number of rotatable bonds is 6. The Hall–Kier alpha value is -4.49. The molecule has 0 bridgehead atoms. The maximum absolute atomic E-state index is 12.8. The number of anilines is 1. The number of hydrogen-bond donors (Lipinski definition) is 2. The summed E-state index contributed by atoms with van der Waals surface area (Å²) in [6.07, 6.45) is 0. The van der Waals surface area contributed by atoms with Gasteiger partial charge in [0.2, 0.25) is 5.89 Å². The summed E-state index contributed by atoms with van der Waals surface area (Å²) in [5.74, 6) is 0.791. The number of fused-ring (bicyclic) bond motifs is 1. The average molecular weight is 494 g/mol. The lowest BCUT2D eigenvalue weighted by Gasteiger charge is -2.13. The Balaban J connectivity index is 1.25. The molecule has 36 heavy (non-hydrogen) atoms. The Labute approximate surface area is 213 Å². The SMILES string of the molecule is Cc1ccc(-c2nc3ccccc3o2)cc1NC(=S)NC(=O)c1cccc(OCc2ccccc2)c1. The van der Waals surface area contributed by atoms with Gasteiger partial charge >= 0.3 is 0 Å². The fraction of sp³-hybridized carbons (Fsp3) is 0.0690. The predicted molar refractivity (Wildman–Crippen MR) is 145 cm³/mol. The van der Waals surface area contributed by atoms with E-state index in [0.717, 1.165) is 33.5 Å². The summed E-state index contributed by atoms with van der Waals surface area (Å²) in [6.45, 7) is 2.37. The first-order valence-corrected chi connectivity index (χ1v) is 11.8. The standard InChI is InChI=1S/C29H23N3O3S/c1-19-14-15-22(28-30-24-12-5-6-13-26(24)35-28)17-25(19)31-29(36)32-27(33)21-10-7-11-23(16-21)34-18-20-8-3-2-4-9-20/h2-17H,18H2,1H3,(H2,31,32,33,36). The molecule has 178 valence electrons. The largest absolute Gasteiger partial charge is 0.489 e. The molecule has 1 aromatic heterocycles. The second kappa shape index (κ2) is 10.4. The van der Waals surface area contributed by atoms with Crippen molar-refractivity contribution in [2.24, 2.45) is 0 Å². The Morgan fingerprint density at radius 2 is 1.75 bits per heavy atom. The van der Waals surface area contributed by atoms with Gasteiger partial charge in [-0.3, -0.25) is 10.1 Å². The summed E-state index contributed by atoms with van der Waals surface area (Å²) >= 11 is 5.42. The summed E-state index contributed by atoms with van der Waals surface area (Å²) in [5, 5.41) is 6.04. The molecule has 1 heterocycles. The van der Waals surface area contributed by atoms with Crippen molar-refractivity contribution in [1.82, 2.24) is 10.3 Å². The molecule has 0 atom stereocenters. The number of amides is 1. The van der Waals surface area contributed by atoms with Crippen molar-refractivity contribution in [3.05, 3.63) is 114 Å². The van der Waals surface area contributed by atoms with Gasteiger partial charge in [0.15, 0.2) is 10.7 Å². The molecule has 5 rings (SSSR count). The normalized spacial score (nSPS) is 10.7. The van der Waals surface area contributed by atoms with E-state index in [0.29, 0.717) is 23.8 Å². The number of para-hydroxylation sites is 2. The van der Waals surface area contributed by atoms with Crippen LogP contribution in [0.25, 0.3) is 22.6 Å². The highest BCUT2D eigenvalue weighted by atomic mass is 32.1. The Kier molecular flexibility index (Phi) is 6.73. The molecule has 0 unspecified atom stereocenters. The number of carbonyl (C=O) groups excluding carboxylic acids is 1. The van der Waals surface area contributed by atoms with Crippen molar-refractivity contribution in [3.63, 3.8) is 0 Å². The smallest absolute Gasteiger partial charge is 0.257 e. The minimum absolute atomic E-state index is 0.188. The number of aryl methyl sites for hydroxylation is 1. The van der Waals surface area contributed by atoms with Crippen molar-refractivity contribution < 1.29 is 13.9 Å². The third-order valence-corrected chi connectivity index (χ3v) is 5.80. The molecule has 4 aromatic carbocycles. The van der Waals surface area contributed by atoms with Crippen LogP contribution in [0.4, 0.5) is 5.69 Å². The van der Waals surface area contributed by atoms with Crippen molar-refractivity contribution in [2.75, 3.05) is 5.32 Å². The summed E-state index contributed by atoms with van der Waals surface area (Å²) in [7, 11) is 0. The number of benzene rings is 4. The molecule has 0 saturated heterocycles. The molecule has 7 heteroatoms. The lowest BCUT2D eigenvalue weighted by Crippen LogP contribution is -2.34. The average Bonchev–Trinajstić information content (AvgIpc) is 3.34. The van der Waals surface area contributed by atoms with Gasteiger partial charge in [-0.05, 0) is 72.7 Å². The van der Waals surface area contributed by atoms with Crippen LogP contribution in [0, 0.1) is 6.92 Å². The highest BCUT2D eigenvalue weighted by molar-refractivity contribution is 7.80. The number of thiocarbonyl (C=S) groups is 1. The Bertz CT molecular complexity index is 1510. The van der Waals surface area contributed by atoms with Gasteiger partial charge < -0.3 is 14.5 Å². The number of hydrogen-bond acceptors (Lipinski definition) is 5. The maximum atomic E-state index is 12.8. The van der Waals surface area contributed by atoms with Gasteiger partial charge in [-0.1, -0.05) is 54.6 Å². The Morgan fingerprint density at radius 1 is 0.944 bits per heavy atom. The summed E-state index contributed by atoms with van der Waals surface area (Å²) in [4.78, 5) is 17.4. The van der Waals surface area contributed by atoms with Crippen molar-refractivity contribution in [3.8, 4) is 17.2 Å². The number of ether oxygens (including phenoxy) is 1. The first-order valence-electron chi connectivity index (χ1n) is 11.4. The molecular weight excluding hydrogens is 470 g/mol. The van der Waals surface area contributed by atoms with Gasteiger partial charge in [-0.25, -0.2) is 4.98 Å². The quantitative estimate of drug-likeness (QED) is 0.263. The number of nitrogens with one attached hydrogen (secondary N) is 2. The van der Waals surface area contributed by atoms with Crippen molar-refractivity contribution in [1.29, 1.82) is 0 Å². The van der Waals surface area contributed by atoms with E-state index >= 15 is 0 Å². The molecule has 0 spiro atoms. The highest BCUT2D eigenvalue weighted by Gasteiger charge is 2.13. The molecule has 1 amide bonds. The van der Waals surface area contributed by atoms with Crippen LogP contribution in [-0.2, 0) is 6.61 Å². The topological polar surface area (TPSA) is 76.4 Å². The lowest BCUT2D eigenvalue weighted by atomic mass is 10.1. The molecule has 0 radical (unpaired) electrons. The van der Waals surface area contributed by atoms with Gasteiger partial charge in [-0.15, -0.1) is 0 Å². The van der Waals surface area contributed by atoms with Gasteiger partial charge in [-0.2, -0.15) is 0 Å². The fourth-order valence-corrected chi connectivity index (χ4v) is 3.88. The van der Waals surface area contributed by atoms with E-state index in [9.17, 15) is 4.79 Å². The molecule has 0 aliphatic heterocycles. The van der Waals surface area contributed by atoms with E-state index in [2.05, 4.69) is 15.6 Å². The summed E-state index contributed by atoms with van der Waals surface area (Å²) in [5.41, 5.74) is 5.52. The molecule has 0 fully saturated rings. The molecule has 0 aliphatic carbocycles. The summed E-state index contributed by atoms with van der Waals surface area (Å²) < 4.78 is 11.7. The second-order valence-corrected chi connectivity index (χ2v) is 8.64. The first kappa shape index (κ1) is 23.3. The van der Waals surface area contributed by atoms with Gasteiger partial charge in [0.25, 0.3) is 5.91 Å². The molecule has 0 saturated carbocycles. The molecule has 2 N–H and O–H groups in total. The van der Waals surface area contributed by atoms with E-state index in [4.69, 9.17) is 21.4 Å². The van der Waals surface area contributed by atoms with Crippen LogP contribution in [0.3, 0.4) is 0 Å². The first-order chi connectivity index (χ1) is 17.5. The molecule has 5 aromatic rings.